The van der Waals surface area contributed by atoms with E-state index >= 15 is 0 Å². The van der Waals surface area contributed by atoms with Gasteiger partial charge in [0.25, 0.3) is 0 Å². The van der Waals surface area contributed by atoms with Crippen molar-refractivity contribution in [3.8, 4) is 5.88 Å². The number of aromatic nitrogens is 2. The number of rotatable bonds is 12. The maximum absolute atomic E-state index is 5.65. The molecule has 114 valence electrons. The van der Waals surface area contributed by atoms with E-state index in [4.69, 9.17) is 16.3 Å². The monoisotopic (exact) mass is 298 g/mol. The van der Waals surface area contributed by atoms with Gasteiger partial charge >= 0.3 is 0 Å². The minimum absolute atomic E-state index is 0.399. The van der Waals surface area contributed by atoms with Gasteiger partial charge in [-0.1, -0.05) is 76.3 Å². The van der Waals surface area contributed by atoms with Crippen molar-refractivity contribution in [2.75, 3.05) is 6.61 Å². The maximum atomic E-state index is 5.65. The Morgan fingerprint density at radius 1 is 0.850 bits per heavy atom. The van der Waals surface area contributed by atoms with Crippen LogP contribution in [0.2, 0.25) is 5.15 Å². The molecule has 0 bridgehead atoms. The number of nitrogens with zero attached hydrogens (tertiary/aromatic N) is 2. The summed E-state index contributed by atoms with van der Waals surface area (Å²) in [6, 6.07) is 3.45. The molecule has 0 aliphatic heterocycles. The van der Waals surface area contributed by atoms with Gasteiger partial charge in [0.15, 0.2) is 5.15 Å². The smallest absolute Gasteiger partial charge is 0.233 e. The van der Waals surface area contributed by atoms with Gasteiger partial charge in [-0.2, -0.15) is 0 Å². The van der Waals surface area contributed by atoms with Crippen LogP contribution >= 0.6 is 11.6 Å². The van der Waals surface area contributed by atoms with Crippen molar-refractivity contribution in [1.29, 1.82) is 0 Å². The summed E-state index contributed by atoms with van der Waals surface area (Å²) in [4.78, 5) is 0. The minimum atomic E-state index is 0.399. The second-order valence-corrected chi connectivity index (χ2v) is 5.61. The highest BCUT2D eigenvalue weighted by molar-refractivity contribution is 6.29. The Morgan fingerprint density at radius 2 is 1.45 bits per heavy atom. The lowest BCUT2D eigenvalue weighted by Gasteiger charge is -2.04. The van der Waals surface area contributed by atoms with E-state index in [9.17, 15) is 0 Å². The Morgan fingerprint density at radius 3 is 2.00 bits per heavy atom. The summed E-state index contributed by atoms with van der Waals surface area (Å²) in [5.74, 6) is 0.560. The summed E-state index contributed by atoms with van der Waals surface area (Å²) in [5, 5.41) is 8.00. The zero-order valence-corrected chi connectivity index (χ0v) is 13.4. The minimum Gasteiger partial charge on any atom is -0.477 e. The fourth-order valence-electron chi connectivity index (χ4n) is 2.15. The van der Waals surface area contributed by atoms with E-state index in [1.165, 1.54) is 57.8 Å². The van der Waals surface area contributed by atoms with Crippen LogP contribution in [-0.4, -0.2) is 16.8 Å². The number of halogens is 1. The van der Waals surface area contributed by atoms with Crippen molar-refractivity contribution in [3.63, 3.8) is 0 Å². The average molecular weight is 299 g/mol. The Kier molecular flexibility index (Phi) is 10.3. The first kappa shape index (κ1) is 17.2. The fourth-order valence-corrected chi connectivity index (χ4v) is 2.25. The normalized spacial score (nSPS) is 10.7. The lowest BCUT2D eigenvalue weighted by atomic mass is 10.1. The third-order valence-corrected chi connectivity index (χ3v) is 3.56. The Bertz CT molecular complexity index is 330. The van der Waals surface area contributed by atoms with Crippen LogP contribution < -0.4 is 4.74 Å². The van der Waals surface area contributed by atoms with Gasteiger partial charge in [0, 0.05) is 6.07 Å². The Balaban J connectivity index is 1.84. The molecular weight excluding hydrogens is 272 g/mol. The van der Waals surface area contributed by atoms with Crippen molar-refractivity contribution >= 4 is 11.6 Å². The van der Waals surface area contributed by atoms with Crippen molar-refractivity contribution < 1.29 is 4.74 Å². The Labute approximate surface area is 128 Å². The lowest BCUT2D eigenvalue weighted by Crippen LogP contribution is -1.99. The molecule has 0 aliphatic carbocycles. The van der Waals surface area contributed by atoms with Gasteiger partial charge in [-0.3, -0.25) is 0 Å². The van der Waals surface area contributed by atoms with Crippen LogP contribution in [-0.2, 0) is 0 Å². The zero-order chi connectivity index (χ0) is 14.5. The van der Waals surface area contributed by atoms with E-state index in [1.807, 2.05) is 0 Å². The molecular formula is C16H27ClN2O. The summed E-state index contributed by atoms with van der Waals surface area (Å²) in [7, 11) is 0. The summed E-state index contributed by atoms with van der Waals surface area (Å²) in [6.07, 6.45) is 13.3. The predicted octanol–water partition coefficient (Wildman–Crippen LogP) is 5.43. The van der Waals surface area contributed by atoms with Crippen LogP contribution in [0, 0.1) is 0 Å². The molecule has 0 aliphatic rings. The summed E-state index contributed by atoms with van der Waals surface area (Å²) in [5.41, 5.74) is 0. The molecule has 0 unspecified atom stereocenters. The molecule has 4 heteroatoms. The standard InChI is InChI=1S/C16H27ClN2O/c1-2-3-4-5-6-7-8-9-10-11-14-20-16-13-12-15(17)18-19-16/h12-13H,2-11,14H2,1H3. The van der Waals surface area contributed by atoms with Crippen LogP contribution in [0.15, 0.2) is 12.1 Å². The van der Waals surface area contributed by atoms with E-state index in [0.29, 0.717) is 17.6 Å². The average Bonchev–Trinajstić information content (AvgIpc) is 2.47. The molecule has 0 N–H and O–H groups in total. The van der Waals surface area contributed by atoms with E-state index in [2.05, 4.69) is 17.1 Å². The van der Waals surface area contributed by atoms with Crippen molar-refractivity contribution in [1.82, 2.24) is 10.2 Å². The van der Waals surface area contributed by atoms with Gasteiger partial charge in [0.1, 0.15) is 0 Å². The summed E-state index contributed by atoms with van der Waals surface area (Å²) >= 11 is 5.65. The highest BCUT2D eigenvalue weighted by Gasteiger charge is 1.97. The van der Waals surface area contributed by atoms with Crippen LogP contribution in [0.5, 0.6) is 5.88 Å². The van der Waals surface area contributed by atoms with Gasteiger partial charge in [0.05, 0.1) is 6.61 Å². The quantitative estimate of drug-likeness (QED) is 0.483. The number of ether oxygens (including phenoxy) is 1. The third kappa shape index (κ3) is 9.13. The Hall–Kier alpha value is -0.830. The zero-order valence-electron chi connectivity index (χ0n) is 12.6. The maximum Gasteiger partial charge on any atom is 0.233 e. The predicted molar refractivity (Wildman–Crippen MR) is 84.4 cm³/mol. The molecule has 1 rings (SSSR count). The number of hydrogen-bond donors (Lipinski definition) is 0. The molecule has 1 aromatic rings. The SMILES string of the molecule is CCCCCCCCCCCCOc1ccc(Cl)nn1. The molecule has 1 aromatic heterocycles. The summed E-state index contributed by atoms with van der Waals surface area (Å²) in [6.45, 7) is 2.98. The van der Waals surface area contributed by atoms with Gasteiger partial charge in [-0.05, 0) is 12.5 Å². The molecule has 0 aromatic carbocycles. The fraction of sp³-hybridized carbons (Fsp3) is 0.750. The van der Waals surface area contributed by atoms with Gasteiger partial charge < -0.3 is 4.74 Å². The van der Waals surface area contributed by atoms with Gasteiger partial charge in [-0.15, -0.1) is 10.2 Å². The lowest BCUT2D eigenvalue weighted by molar-refractivity contribution is 0.290. The van der Waals surface area contributed by atoms with E-state index in [1.54, 1.807) is 12.1 Å². The highest BCUT2D eigenvalue weighted by Crippen LogP contribution is 2.12. The second kappa shape index (κ2) is 12.0. The molecule has 20 heavy (non-hydrogen) atoms. The van der Waals surface area contributed by atoms with E-state index in [0.717, 1.165) is 6.42 Å². The van der Waals surface area contributed by atoms with Crippen LogP contribution in [0.1, 0.15) is 71.1 Å². The molecule has 0 radical (unpaired) electrons. The van der Waals surface area contributed by atoms with Crippen molar-refractivity contribution in [2.24, 2.45) is 0 Å². The van der Waals surface area contributed by atoms with Crippen molar-refractivity contribution in [2.45, 2.75) is 71.1 Å². The first-order chi connectivity index (χ1) is 9.83. The number of hydrogen-bond acceptors (Lipinski definition) is 3. The molecule has 1 heterocycles. The first-order valence-corrected chi connectivity index (χ1v) is 8.32. The molecule has 0 saturated carbocycles. The molecule has 0 spiro atoms. The molecule has 0 fully saturated rings. The molecule has 0 saturated heterocycles. The third-order valence-electron chi connectivity index (χ3n) is 3.36. The van der Waals surface area contributed by atoms with E-state index in [-0.39, 0.29) is 0 Å². The van der Waals surface area contributed by atoms with Crippen LogP contribution in [0.4, 0.5) is 0 Å². The van der Waals surface area contributed by atoms with E-state index < -0.39 is 0 Å². The first-order valence-electron chi connectivity index (χ1n) is 7.95. The largest absolute Gasteiger partial charge is 0.477 e. The van der Waals surface area contributed by atoms with Crippen molar-refractivity contribution in [3.05, 3.63) is 17.3 Å². The second-order valence-electron chi connectivity index (χ2n) is 5.22. The van der Waals surface area contributed by atoms with Gasteiger partial charge in [0.2, 0.25) is 5.88 Å². The van der Waals surface area contributed by atoms with Gasteiger partial charge in [-0.25, -0.2) is 0 Å². The number of unbranched alkanes of at least 4 members (excludes halogenated alkanes) is 9. The topological polar surface area (TPSA) is 35.0 Å². The highest BCUT2D eigenvalue weighted by atomic mass is 35.5. The van der Waals surface area contributed by atoms with Crippen LogP contribution in [0.3, 0.4) is 0 Å². The van der Waals surface area contributed by atoms with Crippen LogP contribution in [0.25, 0.3) is 0 Å². The molecule has 0 amide bonds. The molecule has 0 atom stereocenters. The summed E-state index contributed by atoms with van der Waals surface area (Å²) < 4.78 is 5.50. The molecule has 3 nitrogen and oxygen atoms in total.